The van der Waals surface area contributed by atoms with E-state index < -0.39 is 0 Å². The Morgan fingerprint density at radius 1 is 1.50 bits per heavy atom. The number of hydrogen-bond donors (Lipinski definition) is 2. The van der Waals surface area contributed by atoms with Crippen molar-refractivity contribution in [1.29, 1.82) is 0 Å². The van der Waals surface area contributed by atoms with Crippen LogP contribution in [-0.4, -0.2) is 27.7 Å². The quantitative estimate of drug-likeness (QED) is 0.811. The van der Waals surface area contributed by atoms with Gasteiger partial charge in [0.15, 0.2) is 5.82 Å². The van der Waals surface area contributed by atoms with Crippen LogP contribution in [0.3, 0.4) is 0 Å². The molecule has 0 aromatic carbocycles. The Bertz CT molecular complexity index is 474. The zero-order valence-corrected chi connectivity index (χ0v) is 9.64. The predicted molar refractivity (Wildman–Crippen MR) is 64.6 cm³/mol. The van der Waals surface area contributed by atoms with E-state index in [-0.39, 0.29) is 0 Å². The van der Waals surface area contributed by atoms with Gasteiger partial charge in [0.1, 0.15) is 5.52 Å². The van der Waals surface area contributed by atoms with Gasteiger partial charge in [-0.1, -0.05) is 13.8 Å². The molecule has 0 saturated heterocycles. The Morgan fingerprint density at radius 3 is 3.00 bits per heavy atom. The molecule has 2 rings (SSSR count). The van der Waals surface area contributed by atoms with E-state index in [4.69, 9.17) is 5.73 Å². The molecule has 0 fully saturated rings. The highest BCUT2D eigenvalue weighted by Gasteiger charge is 2.08. The van der Waals surface area contributed by atoms with Crippen molar-refractivity contribution in [3.8, 4) is 0 Å². The van der Waals surface area contributed by atoms with E-state index in [9.17, 15) is 0 Å². The lowest BCUT2D eigenvalue weighted by atomic mass is 10.1. The molecule has 0 atom stereocenters. The molecule has 2 aromatic heterocycles. The fourth-order valence-corrected chi connectivity index (χ4v) is 1.55. The summed E-state index contributed by atoms with van der Waals surface area (Å²) in [5.74, 6) is 1.26. The van der Waals surface area contributed by atoms with E-state index >= 15 is 0 Å². The number of rotatable bonds is 4. The summed E-state index contributed by atoms with van der Waals surface area (Å²) >= 11 is 0. The molecule has 0 aliphatic carbocycles. The molecule has 5 heteroatoms. The summed E-state index contributed by atoms with van der Waals surface area (Å²) < 4.78 is 1.85. The van der Waals surface area contributed by atoms with Crippen LogP contribution in [0.4, 0.5) is 5.82 Å². The molecule has 2 aromatic rings. The summed E-state index contributed by atoms with van der Waals surface area (Å²) in [5, 5.41) is 7.68. The molecule has 0 bridgehead atoms. The van der Waals surface area contributed by atoms with Crippen LogP contribution in [0.15, 0.2) is 18.5 Å². The number of nitrogens with zero attached hydrogens (tertiary/aromatic N) is 3. The number of aromatic nitrogens is 3. The zero-order chi connectivity index (χ0) is 11.5. The molecular weight excluding hydrogens is 202 g/mol. The molecule has 3 N–H and O–H groups in total. The fraction of sp³-hybridized carbons (Fsp3) is 0.455. The third kappa shape index (κ3) is 1.99. The Morgan fingerprint density at radius 2 is 2.31 bits per heavy atom. The summed E-state index contributed by atoms with van der Waals surface area (Å²) in [5.41, 5.74) is 7.53. The highest BCUT2D eigenvalue weighted by atomic mass is 15.2. The van der Waals surface area contributed by atoms with E-state index in [1.807, 2.05) is 10.7 Å². The second kappa shape index (κ2) is 4.49. The molecule has 0 spiro atoms. The Kier molecular flexibility index (Phi) is 3.05. The van der Waals surface area contributed by atoms with E-state index in [1.54, 1.807) is 6.20 Å². The summed E-state index contributed by atoms with van der Waals surface area (Å²) in [6.45, 7) is 5.56. The highest BCUT2D eigenvalue weighted by molar-refractivity contribution is 5.67. The third-order valence-corrected chi connectivity index (χ3v) is 2.44. The third-order valence-electron chi connectivity index (χ3n) is 2.44. The Hall–Kier alpha value is -1.62. The molecule has 0 aliphatic heterocycles. The largest absolute Gasteiger partial charge is 0.367 e. The number of fused-ring (bicyclic) bond motifs is 1. The van der Waals surface area contributed by atoms with Crippen LogP contribution >= 0.6 is 0 Å². The zero-order valence-electron chi connectivity index (χ0n) is 9.64. The Labute approximate surface area is 94.7 Å². The van der Waals surface area contributed by atoms with Gasteiger partial charge in [0.25, 0.3) is 0 Å². The maximum Gasteiger partial charge on any atom is 0.152 e. The summed E-state index contributed by atoms with van der Waals surface area (Å²) in [7, 11) is 0. The van der Waals surface area contributed by atoms with Gasteiger partial charge in [-0.3, -0.25) is 0 Å². The average molecular weight is 219 g/mol. The van der Waals surface area contributed by atoms with Gasteiger partial charge in [0, 0.05) is 25.5 Å². The molecule has 0 amide bonds. The van der Waals surface area contributed by atoms with Gasteiger partial charge in [0.05, 0.1) is 5.69 Å². The van der Waals surface area contributed by atoms with Crippen LogP contribution in [0, 0.1) is 0 Å². The van der Waals surface area contributed by atoms with Crippen molar-refractivity contribution in [3.63, 3.8) is 0 Å². The number of anilines is 1. The van der Waals surface area contributed by atoms with Crippen molar-refractivity contribution >= 4 is 11.3 Å². The van der Waals surface area contributed by atoms with Gasteiger partial charge < -0.3 is 11.1 Å². The van der Waals surface area contributed by atoms with Gasteiger partial charge in [-0.15, -0.1) is 0 Å². The van der Waals surface area contributed by atoms with Gasteiger partial charge in [0.2, 0.25) is 0 Å². The van der Waals surface area contributed by atoms with Crippen molar-refractivity contribution in [3.05, 3.63) is 24.2 Å². The molecule has 5 nitrogen and oxygen atoms in total. The monoisotopic (exact) mass is 219 g/mol. The van der Waals surface area contributed by atoms with E-state index in [2.05, 4.69) is 35.3 Å². The minimum atomic E-state index is 0.419. The lowest BCUT2D eigenvalue weighted by Gasteiger charge is -2.04. The first-order chi connectivity index (χ1) is 7.72. The standard InChI is InChI=1S/C11H17N5/c1-8(2)9-7-10-11(13-4-3-12)14-5-6-16(10)15-9/h5-8H,3-4,12H2,1-2H3,(H,13,14). The maximum absolute atomic E-state index is 5.46. The normalized spacial score (nSPS) is 11.2. The predicted octanol–water partition coefficient (Wildman–Crippen LogP) is 1.22. The topological polar surface area (TPSA) is 68.2 Å². The van der Waals surface area contributed by atoms with Crippen molar-refractivity contribution in [2.45, 2.75) is 19.8 Å². The summed E-state index contributed by atoms with van der Waals surface area (Å²) in [4.78, 5) is 4.29. The van der Waals surface area contributed by atoms with Crippen LogP contribution in [0.5, 0.6) is 0 Å². The van der Waals surface area contributed by atoms with Gasteiger partial charge in [-0.25, -0.2) is 9.50 Å². The van der Waals surface area contributed by atoms with Gasteiger partial charge in [-0.05, 0) is 12.0 Å². The van der Waals surface area contributed by atoms with Crippen molar-refractivity contribution in [2.24, 2.45) is 5.73 Å². The molecule has 16 heavy (non-hydrogen) atoms. The van der Waals surface area contributed by atoms with E-state index in [1.165, 1.54) is 0 Å². The molecule has 0 radical (unpaired) electrons. The van der Waals surface area contributed by atoms with Gasteiger partial charge in [-0.2, -0.15) is 5.10 Å². The first-order valence-corrected chi connectivity index (χ1v) is 5.50. The minimum absolute atomic E-state index is 0.419. The molecular formula is C11H17N5. The van der Waals surface area contributed by atoms with E-state index in [0.29, 0.717) is 12.5 Å². The maximum atomic E-state index is 5.46. The van der Waals surface area contributed by atoms with Crippen LogP contribution < -0.4 is 11.1 Å². The van der Waals surface area contributed by atoms with Crippen LogP contribution in [-0.2, 0) is 0 Å². The number of nitrogens with one attached hydrogen (secondary N) is 1. The second-order valence-corrected chi connectivity index (χ2v) is 4.05. The first kappa shape index (κ1) is 10.9. The van der Waals surface area contributed by atoms with Crippen molar-refractivity contribution in [1.82, 2.24) is 14.6 Å². The molecule has 0 aliphatic rings. The van der Waals surface area contributed by atoms with Gasteiger partial charge >= 0.3 is 0 Å². The Balaban J connectivity index is 2.41. The molecule has 2 heterocycles. The number of nitrogens with two attached hydrogens (primary N) is 1. The van der Waals surface area contributed by atoms with Crippen LogP contribution in [0.1, 0.15) is 25.5 Å². The lowest BCUT2D eigenvalue weighted by molar-refractivity contribution is 0.787. The van der Waals surface area contributed by atoms with Crippen molar-refractivity contribution < 1.29 is 0 Å². The second-order valence-electron chi connectivity index (χ2n) is 4.05. The SMILES string of the molecule is CC(C)c1cc2c(NCCN)nccn2n1. The van der Waals surface area contributed by atoms with Crippen LogP contribution in [0.2, 0.25) is 0 Å². The average Bonchev–Trinajstić information content (AvgIpc) is 2.70. The van der Waals surface area contributed by atoms with E-state index in [0.717, 1.165) is 23.6 Å². The molecule has 0 unspecified atom stereocenters. The fourth-order valence-electron chi connectivity index (χ4n) is 1.55. The first-order valence-electron chi connectivity index (χ1n) is 5.50. The summed E-state index contributed by atoms with van der Waals surface area (Å²) in [6.07, 6.45) is 3.60. The smallest absolute Gasteiger partial charge is 0.152 e. The van der Waals surface area contributed by atoms with Crippen LogP contribution in [0.25, 0.3) is 5.52 Å². The molecule has 86 valence electrons. The minimum Gasteiger partial charge on any atom is -0.367 e. The lowest BCUT2D eigenvalue weighted by Crippen LogP contribution is -2.14. The highest BCUT2D eigenvalue weighted by Crippen LogP contribution is 2.19. The summed E-state index contributed by atoms with van der Waals surface area (Å²) in [6, 6.07) is 2.07. The number of hydrogen-bond acceptors (Lipinski definition) is 4. The molecule has 0 saturated carbocycles. The van der Waals surface area contributed by atoms with Crippen molar-refractivity contribution in [2.75, 3.05) is 18.4 Å².